The van der Waals surface area contributed by atoms with Crippen LogP contribution in [0.5, 0.6) is 5.88 Å². The van der Waals surface area contributed by atoms with Crippen molar-refractivity contribution in [2.75, 3.05) is 13.7 Å². The van der Waals surface area contributed by atoms with Crippen molar-refractivity contribution in [2.24, 2.45) is 10.9 Å². The monoisotopic (exact) mass is 262 g/mol. The van der Waals surface area contributed by atoms with Gasteiger partial charge in [-0.15, -0.1) is 0 Å². The van der Waals surface area contributed by atoms with Crippen LogP contribution in [-0.2, 0) is 6.54 Å². The summed E-state index contributed by atoms with van der Waals surface area (Å²) >= 11 is 0. The van der Waals surface area contributed by atoms with E-state index in [-0.39, 0.29) is 0 Å². The van der Waals surface area contributed by atoms with Crippen molar-refractivity contribution in [3.8, 4) is 5.88 Å². The lowest BCUT2D eigenvalue weighted by Gasteiger charge is -2.10. The Labute approximate surface area is 114 Å². The molecular formula is C14H22N4O. The molecule has 0 aromatic carbocycles. The normalized spacial score (nSPS) is 21.9. The van der Waals surface area contributed by atoms with Crippen molar-refractivity contribution < 1.29 is 4.74 Å². The summed E-state index contributed by atoms with van der Waals surface area (Å²) in [6.07, 6.45) is 1.22. The Morgan fingerprint density at radius 3 is 2.95 bits per heavy atom. The summed E-state index contributed by atoms with van der Waals surface area (Å²) < 4.78 is 5.11. The molecule has 0 radical (unpaired) electrons. The van der Waals surface area contributed by atoms with Gasteiger partial charge in [-0.3, -0.25) is 0 Å². The van der Waals surface area contributed by atoms with Crippen LogP contribution in [0.15, 0.2) is 23.2 Å². The summed E-state index contributed by atoms with van der Waals surface area (Å²) in [6.45, 7) is 5.72. The Balaban J connectivity index is 1.95. The zero-order valence-corrected chi connectivity index (χ0v) is 11.8. The topological polar surface area (TPSA) is 58.5 Å². The highest BCUT2D eigenvalue weighted by molar-refractivity contribution is 5.80. The molecule has 2 N–H and O–H groups in total. The highest BCUT2D eigenvalue weighted by Crippen LogP contribution is 2.28. The number of hydrogen-bond donors (Lipinski definition) is 2. The Bertz CT molecular complexity index is 447. The second kappa shape index (κ2) is 6.41. The van der Waals surface area contributed by atoms with Gasteiger partial charge in [-0.2, -0.15) is 0 Å². The fourth-order valence-corrected chi connectivity index (χ4v) is 1.84. The molecule has 1 heterocycles. The van der Waals surface area contributed by atoms with Crippen LogP contribution in [-0.4, -0.2) is 30.6 Å². The van der Waals surface area contributed by atoms with Crippen molar-refractivity contribution in [1.82, 2.24) is 15.6 Å². The van der Waals surface area contributed by atoms with Gasteiger partial charge in [0.25, 0.3) is 0 Å². The Kier molecular flexibility index (Phi) is 4.60. The molecule has 2 rings (SSSR count). The van der Waals surface area contributed by atoms with Gasteiger partial charge in [0.2, 0.25) is 5.88 Å². The number of methoxy groups -OCH3 is 1. The summed E-state index contributed by atoms with van der Waals surface area (Å²) in [5.41, 5.74) is 0.903. The van der Waals surface area contributed by atoms with Crippen molar-refractivity contribution in [1.29, 1.82) is 0 Å². The first-order valence-electron chi connectivity index (χ1n) is 6.77. The molecule has 2 atom stereocenters. The first-order chi connectivity index (χ1) is 9.22. The van der Waals surface area contributed by atoms with Crippen LogP contribution < -0.4 is 15.4 Å². The van der Waals surface area contributed by atoms with E-state index < -0.39 is 0 Å². The third-order valence-corrected chi connectivity index (χ3v) is 3.17. The molecule has 1 aromatic rings. The second-order valence-electron chi connectivity index (χ2n) is 4.83. The third-order valence-electron chi connectivity index (χ3n) is 3.17. The van der Waals surface area contributed by atoms with Gasteiger partial charge in [0.15, 0.2) is 5.96 Å². The fourth-order valence-electron chi connectivity index (χ4n) is 1.84. The number of ether oxygens (including phenoxy) is 1. The molecule has 104 valence electrons. The molecule has 1 saturated carbocycles. The van der Waals surface area contributed by atoms with Crippen molar-refractivity contribution in [2.45, 2.75) is 32.9 Å². The summed E-state index contributed by atoms with van der Waals surface area (Å²) in [7, 11) is 1.62. The SMILES string of the molecule is CCNC(=NCc1cccc(OC)n1)NC1CC1C. The van der Waals surface area contributed by atoms with E-state index in [1.807, 2.05) is 18.2 Å². The number of hydrogen-bond acceptors (Lipinski definition) is 3. The second-order valence-corrected chi connectivity index (χ2v) is 4.83. The van der Waals surface area contributed by atoms with Crippen molar-refractivity contribution in [3.05, 3.63) is 23.9 Å². The van der Waals surface area contributed by atoms with Gasteiger partial charge < -0.3 is 15.4 Å². The van der Waals surface area contributed by atoms with E-state index in [1.54, 1.807) is 7.11 Å². The van der Waals surface area contributed by atoms with Gasteiger partial charge >= 0.3 is 0 Å². The summed E-state index contributed by atoms with van der Waals surface area (Å²) in [5, 5.41) is 6.67. The Morgan fingerprint density at radius 2 is 2.32 bits per heavy atom. The van der Waals surface area contributed by atoms with Crippen LogP contribution in [0.3, 0.4) is 0 Å². The predicted octanol–water partition coefficient (Wildman–Crippen LogP) is 1.55. The smallest absolute Gasteiger partial charge is 0.213 e. The molecule has 0 aliphatic heterocycles. The van der Waals surface area contributed by atoms with Gasteiger partial charge in [-0.05, 0) is 25.3 Å². The Hall–Kier alpha value is -1.78. The van der Waals surface area contributed by atoms with E-state index >= 15 is 0 Å². The highest BCUT2D eigenvalue weighted by atomic mass is 16.5. The number of guanidine groups is 1. The zero-order chi connectivity index (χ0) is 13.7. The molecule has 5 nitrogen and oxygen atoms in total. The number of nitrogens with zero attached hydrogens (tertiary/aromatic N) is 2. The van der Waals surface area contributed by atoms with Gasteiger partial charge in [-0.1, -0.05) is 13.0 Å². The third kappa shape index (κ3) is 4.12. The molecule has 1 aliphatic rings. The van der Waals surface area contributed by atoms with Crippen molar-refractivity contribution in [3.63, 3.8) is 0 Å². The largest absolute Gasteiger partial charge is 0.481 e. The molecule has 1 aliphatic carbocycles. The molecule has 0 bridgehead atoms. The van der Waals surface area contributed by atoms with E-state index in [1.165, 1.54) is 6.42 Å². The lowest BCUT2D eigenvalue weighted by molar-refractivity contribution is 0.396. The van der Waals surface area contributed by atoms with Crippen LogP contribution in [0.25, 0.3) is 0 Å². The summed E-state index contributed by atoms with van der Waals surface area (Å²) in [6, 6.07) is 6.29. The molecule has 0 amide bonds. The van der Waals surface area contributed by atoms with Crippen LogP contribution in [0, 0.1) is 5.92 Å². The minimum absolute atomic E-state index is 0.549. The number of pyridine rings is 1. The average molecular weight is 262 g/mol. The molecular weight excluding hydrogens is 240 g/mol. The molecule has 2 unspecified atom stereocenters. The molecule has 1 fully saturated rings. The highest BCUT2D eigenvalue weighted by Gasteiger charge is 2.33. The lowest BCUT2D eigenvalue weighted by atomic mass is 10.3. The standard InChI is InChI=1S/C14H22N4O/c1-4-15-14(18-12-8-10(12)2)16-9-11-6-5-7-13(17-11)19-3/h5-7,10,12H,4,8-9H2,1-3H3,(H2,15,16,18). The maximum absolute atomic E-state index is 5.11. The maximum Gasteiger partial charge on any atom is 0.213 e. The van der Waals surface area contributed by atoms with Crippen LogP contribution in [0.2, 0.25) is 0 Å². The Morgan fingerprint density at radius 1 is 1.53 bits per heavy atom. The number of nitrogens with one attached hydrogen (secondary N) is 2. The first-order valence-corrected chi connectivity index (χ1v) is 6.77. The van der Waals surface area contributed by atoms with Crippen LogP contribution >= 0.6 is 0 Å². The first kappa shape index (κ1) is 13.6. The number of rotatable bonds is 5. The van der Waals surface area contributed by atoms with Crippen LogP contribution in [0.1, 0.15) is 26.0 Å². The van der Waals surface area contributed by atoms with E-state index in [0.717, 1.165) is 24.1 Å². The maximum atomic E-state index is 5.11. The lowest BCUT2D eigenvalue weighted by Crippen LogP contribution is -2.39. The molecule has 5 heteroatoms. The number of aromatic nitrogens is 1. The molecule has 19 heavy (non-hydrogen) atoms. The van der Waals surface area contributed by atoms with Gasteiger partial charge in [-0.25, -0.2) is 9.98 Å². The number of aliphatic imine (C=N–C) groups is 1. The van der Waals surface area contributed by atoms with E-state index in [0.29, 0.717) is 18.5 Å². The van der Waals surface area contributed by atoms with Gasteiger partial charge in [0.1, 0.15) is 0 Å². The quantitative estimate of drug-likeness (QED) is 0.624. The van der Waals surface area contributed by atoms with E-state index in [4.69, 9.17) is 4.74 Å². The van der Waals surface area contributed by atoms with Gasteiger partial charge in [0, 0.05) is 18.7 Å². The predicted molar refractivity (Wildman–Crippen MR) is 76.3 cm³/mol. The minimum Gasteiger partial charge on any atom is -0.481 e. The van der Waals surface area contributed by atoms with Crippen molar-refractivity contribution >= 4 is 5.96 Å². The minimum atomic E-state index is 0.549. The summed E-state index contributed by atoms with van der Waals surface area (Å²) in [5.74, 6) is 2.24. The van der Waals surface area contributed by atoms with Gasteiger partial charge in [0.05, 0.1) is 19.3 Å². The summed E-state index contributed by atoms with van der Waals surface area (Å²) in [4.78, 5) is 8.90. The molecule has 1 aromatic heterocycles. The molecule has 0 spiro atoms. The fraction of sp³-hybridized carbons (Fsp3) is 0.571. The van der Waals surface area contributed by atoms with Crippen LogP contribution in [0.4, 0.5) is 0 Å². The van der Waals surface area contributed by atoms with E-state index in [9.17, 15) is 0 Å². The average Bonchev–Trinajstić information content (AvgIpc) is 3.12. The zero-order valence-electron chi connectivity index (χ0n) is 11.8. The molecule has 0 saturated heterocycles. The van der Waals surface area contributed by atoms with E-state index in [2.05, 4.69) is 34.5 Å².